The van der Waals surface area contributed by atoms with Gasteiger partial charge in [-0.3, -0.25) is 14.4 Å². The summed E-state index contributed by atoms with van der Waals surface area (Å²) in [5.41, 5.74) is 15.9. The van der Waals surface area contributed by atoms with Crippen LogP contribution in [0.25, 0.3) is 0 Å². The first-order chi connectivity index (χ1) is 40.7. The summed E-state index contributed by atoms with van der Waals surface area (Å²) < 4.78 is 0. The van der Waals surface area contributed by atoms with Gasteiger partial charge in [-0.15, -0.1) is 0 Å². The number of rotatable bonds is 5. The van der Waals surface area contributed by atoms with E-state index in [1.807, 2.05) is 48.5 Å². The van der Waals surface area contributed by atoms with Gasteiger partial charge in [-0.05, 0) is 272 Å². The molecule has 3 N–H and O–H groups in total. The van der Waals surface area contributed by atoms with Crippen molar-refractivity contribution in [3.8, 4) is 0 Å². The largest absolute Gasteiger partial charge is 0.398 e. The number of nitrogens with two attached hydrogens (primary N) is 1. The molecule has 4 heterocycles. The minimum Gasteiger partial charge on any atom is -0.398 e. The highest BCUT2D eigenvalue weighted by Gasteiger charge is 2.62. The molecule has 4 aliphatic heterocycles. The van der Waals surface area contributed by atoms with Crippen LogP contribution in [0.1, 0.15) is 213 Å². The molecule has 440 valence electrons. The van der Waals surface area contributed by atoms with Crippen LogP contribution in [-0.2, 0) is 26.2 Å². The van der Waals surface area contributed by atoms with Crippen molar-refractivity contribution >= 4 is 40.6 Å². The van der Waals surface area contributed by atoms with Crippen LogP contribution in [0, 0.1) is 76.4 Å². The summed E-state index contributed by atoms with van der Waals surface area (Å²) >= 11 is 5.85. The zero-order valence-corrected chi connectivity index (χ0v) is 50.6. The van der Waals surface area contributed by atoms with Crippen molar-refractivity contribution < 1.29 is 19.5 Å². The van der Waals surface area contributed by atoms with Gasteiger partial charge in [-0.1, -0.05) is 78.9 Å². The Hall–Kier alpha value is -5.06. The third-order valence-corrected chi connectivity index (χ3v) is 27.1. The number of fused-ring (bicyclic) bond motifs is 4. The summed E-state index contributed by atoms with van der Waals surface area (Å²) in [5.74, 6) is 11.2. The molecule has 24 rings (SSSR count). The number of anilines is 1. The Labute approximate surface area is 504 Å². The number of thiocarbonyl (C=S) groups is 1. The van der Waals surface area contributed by atoms with E-state index in [9.17, 15) is 19.5 Å². The molecule has 3 atom stereocenters. The minimum atomic E-state index is -0.501. The molecule has 3 amide bonds. The maximum absolute atomic E-state index is 12.9. The normalized spacial score (nSPS) is 41.2. The van der Waals surface area contributed by atoms with Gasteiger partial charge < -0.3 is 30.4 Å². The van der Waals surface area contributed by atoms with Gasteiger partial charge in [-0.2, -0.15) is 0 Å². The van der Waals surface area contributed by atoms with E-state index in [2.05, 4.69) is 69.0 Å². The molecular weight excluding hydrogens is 1050 g/mol. The van der Waals surface area contributed by atoms with Gasteiger partial charge >= 0.3 is 0 Å². The Morgan fingerprint density at radius 2 is 0.905 bits per heavy atom. The second-order valence-corrected chi connectivity index (χ2v) is 32.3. The Balaban J connectivity index is 0.0000000882. The number of carbonyl (C=O) groups is 3. The van der Waals surface area contributed by atoms with Crippen molar-refractivity contribution in [2.45, 2.75) is 210 Å². The van der Waals surface area contributed by atoms with Gasteiger partial charge in [0.2, 0.25) is 0 Å². The lowest BCUT2D eigenvalue weighted by molar-refractivity contribution is -0.167. The fourth-order valence-electron chi connectivity index (χ4n) is 24.8. The molecule has 16 fully saturated rings. The molecule has 4 aromatic carbocycles. The van der Waals surface area contributed by atoms with Crippen molar-refractivity contribution in [2.24, 2.45) is 76.4 Å². The number of hydrogen-bond acceptors (Lipinski definition) is 6. The zero-order valence-electron chi connectivity index (χ0n) is 49.8. The first kappa shape index (κ1) is 53.2. The second kappa shape index (κ2) is 19.5. The maximum Gasteiger partial charge on any atom is 0.255 e. The number of hydrogen-bond donors (Lipinski definition) is 2. The fourth-order valence-corrected chi connectivity index (χ4v) is 25.2. The lowest BCUT2D eigenvalue weighted by Gasteiger charge is -2.62. The third-order valence-electron chi connectivity index (χ3n) is 26.7. The van der Waals surface area contributed by atoms with Crippen molar-refractivity contribution in [2.75, 3.05) is 5.73 Å². The highest BCUT2D eigenvalue weighted by atomic mass is 32.1. The molecule has 0 aromatic heterocycles. The number of carbonyl (C=O) groups excluding carboxylic acids is 3. The third kappa shape index (κ3) is 8.54. The van der Waals surface area contributed by atoms with Crippen molar-refractivity contribution in [3.63, 3.8) is 0 Å². The van der Waals surface area contributed by atoms with E-state index in [1.165, 1.54) is 132 Å². The van der Waals surface area contributed by atoms with Crippen molar-refractivity contribution in [3.05, 3.63) is 136 Å². The summed E-state index contributed by atoms with van der Waals surface area (Å²) in [4.78, 5) is 48.8. The molecule has 0 radical (unpaired) electrons. The molecule has 3 unspecified atom stereocenters. The van der Waals surface area contributed by atoms with E-state index in [0.29, 0.717) is 35.2 Å². The summed E-state index contributed by atoms with van der Waals surface area (Å²) in [6.45, 7) is 5.86. The standard InChI is InChI=1S/C20H25NS.C18H22N2O.C18H21NO2.C18H21NO/c1-13(21-12-17-4-2-3-5-18(17)19(21)22)20-9-14-6-15(10-20)8-16(7-14)11-20;19-16-3-1-2-14-15(16)10-20(17(14)21)18-7-11-4-12(8-18)6-13(5-11)9-18;20-16-15-4-2-1-3-14(15)10-19(16)17-6-12-5-13(7-17)9-18(21,8-12)11-17;20-18-16-4-2-1-3-13(16)10-19(18)17-14-6-11-5-12(8-14)9-15(17)7-11/h2-5,13-16H,6-12H2,1H3;1-3,11-13H,4-10,19H2;1-4,12-13,21H,5-11H2;1-4,11-12,14-15,17H,5-10H2. The van der Waals surface area contributed by atoms with Gasteiger partial charge in [0.15, 0.2) is 0 Å². The number of benzene rings is 4. The van der Waals surface area contributed by atoms with E-state index >= 15 is 0 Å². The molecule has 9 nitrogen and oxygen atoms in total. The molecule has 84 heavy (non-hydrogen) atoms. The topological polar surface area (TPSA) is 110 Å². The predicted molar refractivity (Wildman–Crippen MR) is 331 cm³/mol. The quantitative estimate of drug-likeness (QED) is 0.151. The number of nitrogens with zero attached hydrogens (tertiary/aromatic N) is 4. The Kier molecular flexibility index (Phi) is 12.3. The molecule has 16 aliphatic carbocycles. The van der Waals surface area contributed by atoms with E-state index in [-0.39, 0.29) is 22.9 Å². The van der Waals surface area contributed by atoms with Crippen LogP contribution in [0.2, 0.25) is 0 Å². The lowest BCUT2D eigenvalue weighted by Crippen LogP contribution is -2.65. The summed E-state index contributed by atoms with van der Waals surface area (Å²) in [7, 11) is 0. The Morgan fingerprint density at radius 1 is 0.464 bits per heavy atom. The SMILES string of the molecule is CC(N1Cc2ccccc2C1=S)C12CC3CC(CC(C3)C1)C2.Nc1cccc2c1CN(C13CC4CC(CC(C4)C1)C3)C2=O.O=C1c2ccccc2CN1C12CC3CC(CC(O)(C3)C1)C2.O=C1c2ccccc2CN1C1C2CC3CC(C2)CC1C3. The van der Waals surface area contributed by atoms with E-state index in [1.54, 1.807) is 0 Å². The van der Waals surface area contributed by atoms with Crippen LogP contribution in [-0.4, -0.2) is 76.2 Å². The Bertz CT molecular complexity index is 3250. The van der Waals surface area contributed by atoms with E-state index in [4.69, 9.17) is 18.0 Å². The van der Waals surface area contributed by atoms with Gasteiger partial charge in [-0.25, -0.2) is 0 Å². The average molecular weight is 1140 g/mol. The van der Waals surface area contributed by atoms with Crippen LogP contribution in [0.15, 0.2) is 91.0 Å². The van der Waals surface area contributed by atoms with Gasteiger partial charge in [0.05, 0.1) is 5.60 Å². The smallest absolute Gasteiger partial charge is 0.255 e. The first-order valence-electron chi connectivity index (χ1n) is 33.7. The van der Waals surface area contributed by atoms with E-state index < -0.39 is 5.60 Å². The maximum atomic E-state index is 12.9. The molecule has 10 heteroatoms. The van der Waals surface area contributed by atoms with Crippen molar-refractivity contribution in [1.82, 2.24) is 19.6 Å². The zero-order chi connectivity index (χ0) is 56.6. The summed E-state index contributed by atoms with van der Waals surface area (Å²) in [6.07, 6.45) is 30.1. The molecule has 16 bridgehead atoms. The molecule has 0 spiro atoms. The average Bonchev–Trinajstić information content (AvgIpc) is 1.43. The van der Waals surface area contributed by atoms with Gasteiger partial charge in [0.1, 0.15) is 4.99 Å². The molecule has 4 aromatic rings. The minimum absolute atomic E-state index is 0.0745. The lowest BCUT2D eigenvalue weighted by atomic mass is 9.47. The number of aliphatic hydroxyl groups is 1. The van der Waals surface area contributed by atoms with Gasteiger partial charge in [0, 0.05) is 82.8 Å². The first-order valence-corrected chi connectivity index (χ1v) is 34.2. The molecular formula is C74H89N5O4S. The van der Waals surface area contributed by atoms with E-state index in [0.717, 1.165) is 156 Å². The highest BCUT2D eigenvalue weighted by Crippen LogP contribution is 2.64. The number of amides is 3. The second-order valence-electron chi connectivity index (χ2n) is 31.9. The monoisotopic (exact) mass is 1140 g/mol. The fraction of sp³-hybridized carbons (Fsp3) is 0.622. The molecule has 16 saturated carbocycles. The summed E-state index contributed by atoms with van der Waals surface area (Å²) in [5, 5.41) is 10.9. The summed E-state index contributed by atoms with van der Waals surface area (Å²) in [6, 6.07) is 31.9. The van der Waals surface area contributed by atoms with Crippen LogP contribution < -0.4 is 5.73 Å². The number of nitrogen functional groups attached to an aromatic ring is 1. The van der Waals surface area contributed by atoms with Crippen LogP contribution in [0.4, 0.5) is 5.69 Å². The van der Waals surface area contributed by atoms with Crippen LogP contribution in [0.5, 0.6) is 0 Å². The highest BCUT2D eigenvalue weighted by molar-refractivity contribution is 7.80. The van der Waals surface area contributed by atoms with Gasteiger partial charge in [0.25, 0.3) is 17.7 Å². The van der Waals surface area contributed by atoms with Crippen LogP contribution in [0.3, 0.4) is 0 Å². The predicted octanol–water partition coefficient (Wildman–Crippen LogP) is 14.2. The molecule has 0 saturated heterocycles. The van der Waals surface area contributed by atoms with Crippen LogP contribution >= 0.6 is 12.2 Å². The Morgan fingerprint density at radius 3 is 1.43 bits per heavy atom. The molecule has 20 aliphatic rings. The van der Waals surface area contributed by atoms with Crippen molar-refractivity contribution in [1.29, 1.82) is 0 Å².